The highest BCUT2D eigenvalue weighted by Gasteiger charge is 2.14. The first-order chi connectivity index (χ1) is 11.7. The predicted octanol–water partition coefficient (Wildman–Crippen LogP) is 2.98. The number of aromatic hydroxyl groups is 1. The Morgan fingerprint density at radius 3 is 2.79 bits per heavy atom. The number of aliphatic imine (C=N–C) groups is 1. The summed E-state index contributed by atoms with van der Waals surface area (Å²) in [5.41, 5.74) is 1.24. The summed E-state index contributed by atoms with van der Waals surface area (Å²) in [6, 6.07) is 12.4. The highest BCUT2D eigenvalue weighted by molar-refractivity contribution is 5.94. The molecule has 0 atom stereocenters. The van der Waals surface area contributed by atoms with Crippen molar-refractivity contribution in [1.29, 1.82) is 0 Å². The van der Waals surface area contributed by atoms with E-state index in [0.717, 1.165) is 5.56 Å². The molecule has 3 rings (SSSR count). The quantitative estimate of drug-likeness (QED) is 0.585. The van der Waals surface area contributed by atoms with Gasteiger partial charge in [0.15, 0.2) is 11.4 Å². The number of benzene rings is 1. The number of carbonyl (C=O) groups excluding carboxylic acids is 1. The lowest BCUT2D eigenvalue weighted by Crippen LogP contribution is -2.04. The monoisotopic (exact) mass is 323 g/mol. The highest BCUT2D eigenvalue weighted by Crippen LogP contribution is 2.26. The molecule has 0 aliphatic heterocycles. The van der Waals surface area contributed by atoms with Gasteiger partial charge in [-0.05, 0) is 24.3 Å². The lowest BCUT2D eigenvalue weighted by Gasteiger charge is -2.00. The molecule has 0 aliphatic rings. The smallest absolute Gasteiger partial charge is 0.358 e. The standard InChI is InChI=1S/C17H13N3O4/c1-23-17(22)14-12(8-5-9-18-14)19-10-13-16(21)24-15(20-13)11-6-3-2-4-7-11/h2-10,21H,1H3. The van der Waals surface area contributed by atoms with E-state index in [1.165, 1.54) is 19.5 Å². The van der Waals surface area contributed by atoms with Crippen molar-refractivity contribution in [3.05, 3.63) is 60.0 Å². The van der Waals surface area contributed by atoms with E-state index in [4.69, 9.17) is 4.42 Å². The molecule has 7 nitrogen and oxygen atoms in total. The number of hydrogen-bond donors (Lipinski definition) is 1. The zero-order valence-corrected chi connectivity index (χ0v) is 12.7. The Bertz CT molecular complexity index is 888. The Balaban J connectivity index is 1.91. The largest absolute Gasteiger partial charge is 0.479 e. The summed E-state index contributed by atoms with van der Waals surface area (Å²) in [7, 11) is 1.26. The van der Waals surface area contributed by atoms with Crippen LogP contribution in [-0.4, -0.2) is 34.4 Å². The summed E-state index contributed by atoms with van der Waals surface area (Å²) in [4.78, 5) is 23.9. The second kappa shape index (κ2) is 6.74. The summed E-state index contributed by atoms with van der Waals surface area (Å²) >= 11 is 0. The molecule has 0 radical (unpaired) electrons. The predicted molar refractivity (Wildman–Crippen MR) is 86.4 cm³/mol. The zero-order chi connectivity index (χ0) is 16.9. The summed E-state index contributed by atoms with van der Waals surface area (Å²) < 4.78 is 9.89. The zero-order valence-electron chi connectivity index (χ0n) is 12.7. The van der Waals surface area contributed by atoms with E-state index in [1.54, 1.807) is 12.1 Å². The van der Waals surface area contributed by atoms with E-state index in [1.807, 2.05) is 30.3 Å². The Morgan fingerprint density at radius 2 is 2.04 bits per heavy atom. The highest BCUT2D eigenvalue weighted by atomic mass is 16.5. The van der Waals surface area contributed by atoms with Crippen LogP contribution >= 0.6 is 0 Å². The molecule has 0 fully saturated rings. The van der Waals surface area contributed by atoms with Gasteiger partial charge in [-0.3, -0.25) is 4.99 Å². The Morgan fingerprint density at radius 1 is 1.25 bits per heavy atom. The number of oxazole rings is 1. The van der Waals surface area contributed by atoms with Crippen molar-refractivity contribution in [2.75, 3.05) is 7.11 Å². The van der Waals surface area contributed by atoms with Crippen LogP contribution in [0.4, 0.5) is 5.69 Å². The van der Waals surface area contributed by atoms with Gasteiger partial charge in [-0.2, -0.15) is 0 Å². The SMILES string of the molecule is COC(=O)c1ncccc1N=Cc1nc(-c2ccccc2)oc1O. The molecule has 0 saturated heterocycles. The van der Waals surface area contributed by atoms with E-state index in [-0.39, 0.29) is 23.2 Å². The van der Waals surface area contributed by atoms with Crippen LogP contribution < -0.4 is 0 Å². The summed E-state index contributed by atoms with van der Waals surface area (Å²) in [5, 5.41) is 9.87. The van der Waals surface area contributed by atoms with Gasteiger partial charge < -0.3 is 14.3 Å². The fraction of sp³-hybridized carbons (Fsp3) is 0.0588. The van der Waals surface area contributed by atoms with Crippen LogP contribution in [0.1, 0.15) is 16.2 Å². The number of aromatic nitrogens is 2. The minimum Gasteiger partial charge on any atom is -0.479 e. The van der Waals surface area contributed by atoms with Crippen molar-refractivity contribution < 1.29 is 19.1 Å². The maximum atomic E-state index is 11.7. The number of pyridine rings is 1. The average Bonchev–Trinajstić information content (AvgIpc) is 3.01. The van der Waals surface area contributed by atoms with E-state index < -0.39 is 5.97 Å². The molecule has 2 aromatic heterocycles. The van der Waals surface area contributed by atoms with Crippen LogP contribution in [0.5, 0.6) is 5.95 Å². The molecule has 0 amide bonds. The van der Waals surface area contributed by atoms with Crippen molar-refractivity contribution >= 4 is 17.9 Å². The fourth-order valence-electron chi connectivity index (χ4n) is 2.00. The van der Waals surface area contributed by atoms with E-state index in [2.05, 4.69) is 19.7 Å². The summed E-state index contributed by atoms with van der Waals surface area (Å²) in [6.07, 6.45) is 2.76. The van der Waals surface area contributed by atoms with Gasteiger partial charge in [0.25, 0.3) is 0 Å². The van der Waals surface area contributed by atoms with Gasteiger partial charge in [0.2, 0.25) is 5.89 Å². The van der Waals surface area contributed by atoms with Gasteiger partial charge in [0.1, 0.15) is 0 Å². The van der Waals surface area contributed by atoms with Gasteiger partial charge >= 0.3 is 11.9 Å². The normalized spacial score (nSPS) is 10.9. The van der Waals surface area contributed by atoms with Gasteiger partial charge in [-0.1, -0.05) is 18.2 Å². The molecule has 24 heavy (non-hydrogen) atoms. The molecule has 120 valence electrons. The molecule has 0 unspecified atom stereocenters. The van der Waals surface area contributed by atoms with Crippen LogP contribution in [0.25, 0.3) is 11.5 Å². The number of esters is 1. The van der Waals surface area contributed by atoms with Crippen LogP contribution in [0.3, 0.4) is 0 Å². The first-order valence-corrected chi connectivity index (χ1v) is 7.01. The molecule has 7 heteroatoms. The number of hydrogen-bond acceptors (Lipinski definition) is 7. The minimum absolute atomic E-state index is 0.0718. The van der Waals surface area contributed by atoms with Crippen LogP contribution in [-0.2, 0) is 4.74 Å². The maximum absolute atomic E-state index is 11.7. The molecule has 1 aromatic carbocycles. The molecule has 0 saturated carbocycles. The number of rotatable bonds is 4. The lowest BCUT2D eigenvalue weighted by molar-refractivity contribution is 0.0595. The van der Waals surface area contributed by atoms with Crippen LogP contribution in [0.2, 0.25) is 0 Å². The average molecular weight is 323 g/mol. The first kappa shape index (κ1) is 15.4. The molecular formula is C17H13N3O4. The van der Waals surface area contributed by atoms with Gasteiger partial charge in [0, 0.05) is 11.8 Å². The molecule has 0 bridgehead atoms. The Hall–Kier alpha value is -3.48. The third kappa shape index (κ3) is 3.14. The van der Waals surface area contributed by atoms with Crippen molar-refractivity contribution in [2.45, 2.75) is 0 Å². The van der Waals surface area contributed by atoms with Crippen LogP contribution in [0, 0.1) is 0 Å². The van der Waals surface area contributed by atoms with Gasteiger partial charge in [0.05, 0.1) is 19.0 Å². The number of carbonyl (C=O) groups is 1. The summed E-state index contributed by atoms with van der Waals surface area (Å²) in [5.74, 6) is -0.688. The van der Waals surface area contributed by atoms with Crippen molar-refractivity contribution in [3.8, 4) is 17.4 Å². The molecular weight excluding hydrogens is 310 g/mol. The van der Waals surface area contributed by atoms with Crippen molar-refractivity contribution in [3.63, 3.8) is 0 Å². The first-order valence-electron chi connectivity index (χ1n) is 7.01. The van der Waals surface area contributed by atoms with Gasteiger partial charge in [-0.15, -0.1) is 0 Å². The molecule has 0 aliphatic carbocycles. The van der Waals surface area contributed by atoms with Crippen molar-refractivity contribution in [1.82, 2.24) is 9.97 Å². The number of methoxy groups -OCH3 is 1. The third-order valence-electron chi connectivity index (χ3n) is 3.15. The Kier molecular flexibility index (Phi) is 4.33. The minimum atomic E-state index is -0.600. The second-order valence-electron chi connectivity index (χ2n) is 4.70. The summed E-state index contributed by atoms with van der Waals surface area (Å²) in [6.45, 7) is 0. The second-order valence-corrected chi connectivity index (χ2v) is 4.70. The fourth-order valence-corrected chi connectivity index (χ4v) is 2.00. The third-order valence-corrected chi connectivity index (χ3v) is 3.15. The number of nitrogens with zero attached hydrogens (tertiary/aromatic N) is 3. The van der Waals surface area contributed by atoms with Gasteiger partial charge in [-0.25, -0.2) is 14.8 Å². The molecule has 0 spiro atoms. The molecule has 1 N–H and O–H groups in total. The van der Waals surface area contributed by atoms with E-state index in [0.29, 0.717) is 5.69 Å². The van der Waals surface area contributed by atoms with E-state index >= 15 is 0 Å². The molecule has 2 heterocycles. The van der Waals surface area contributed by atoms with Crippen molar-refractivity contribution in [2.24, 2.45) is 4.99 Å². The molecule has 3 aromatic rings. The Labute approximate surface area is 137 Å². The van der Waals surface area contributed by atoms with E-state index in [9.17, 15) is 9.90 Å². The number of ether oxygens (including phenoxy) is 1. The maximum Gasteiger partial charge on any atom is 0.358 e. The topological polar surface area (TPSA) is 97.8 Å². The van der Waals surface area contributed by atoms with Crippen LogP contribution in [0.15, 0.2) is 58.1 Å². The lowest BCUT2D eigenvalue weighted by atomic mass is 10.2.